The van der Waals surface area contributed by atoms with Gasteiger partial charge in [0.1, 0.15) is 5.82 Å². The predicted molar refractivity (Wildman–Crippen MR) is 65.7 cm³/mol. The molecule has 0 amide bonds. The Bertz CT molecular complexity index is 532. The van der Waals surface area contributed by atoms with E-state index in [4.69, 9.17) is 5.73 Å². The van der Waals surface area contributed by atoms with Crippen LogP contribution >= 0.6 is 0 Å². The van der Waals surface area contributed by atoms with Crippen LogP contribution in [-0.2, 0) is 0 Å². The molecule has 82 valence electrons. The molecule has 2 aromatic carbocycles. The topological polar surface area (TPSA) is 26.0 Å². The number of hydrogen-bond donors (Lipinski definition) is 1. The summed E-state index contributed by atoms with van der Waals surface area (Å²) in [5.41, 5.74) is 10.6. The van der Waals surface area contributed by atoms with Crippen molar-refractivity contribution in [3.8, 4) is 11.1 Å². The van der Waals surface area contributed by atoms with Crippen molar-refractivity contribution in [2.24, 2.45) is 0 Å². The van der Waals surface area contributed by atoms with Crippen molar-refractivity contribution in [1.82, 2.24) is 0 Å². The summed E-state index contributed by atoms with van der Waals surface area (Å²) in [5, 5.41) is 0. The number of anilines is 1. The number of nitrogens with two attached hydrogens (primary N) is 1. The first kappa shape index (κ1) is 10.7. The minimum absolute atomic E-state index is 0.225. The van der Waals surface area contributed by atoms with Gasteiger partial charge in [-0.15, -0.1) is 0 Å². The van der Waals surface area contributed by atoms with Crippen LogP contribution in [0.5, 0.6) is 0 Å². The molecule has 1 nitrogen and oxygen atoms in total. The van der Waals surface area contributed by atoms with Gasteiger partial charge in [0.15, 0.2) is 0 Å². The number of rotatable bonds is 1. The second-order valence-corrected chi connectivity index (χ2v) is 4.04. The van der Waals surface area contributed by atoms with E-state index in [1.54, 1.807) is 6.07 Å². The summed E-state index contributed by atoms with van der Waals surface area (Å²) in [4.78, 5) is 0. The van der Waals surface area contributed by atoms with E-state index < -0.39 is 0 Å². The molecule has 0 heterocycles. The molecule has 0 saturated heterocycles. The van der Waals surface area contributed by atoms with E-state index in [1.807, 2.05) is 32.0 Å². The van der Waals surface area contributed by atoms with Crippen molar-refractivity contribution in [3.05, 3.63) is 53.3 Å². The number of hydrogen-bond acceptors (Lipinski definition) is 1. The van der Waals surface area contributed by atoms with Gasteiger partial charge in [-0.25, -0.2) is 4.39 Å². The Morgan fingerprint density at radius 1 is 1.06 bits per heavy atom. The lowest BCUT2D eigenvalue weighted by Crippen LogP contribution is -1.94. The lowest BCUT2D eigenvalue weighted by atomic mass is 9.97. The van der Waals surface area contributed by atoms with Crippen LogP contribution in [0.3, 0.4) is 0 Å². The fraction of sp³-hybridized carbons (Fsp3) is 0.143. The highest BCUT2D eigenvalue weighted by Crippen LogP contribution is 2.28. The summed E-state index contributed by atoms with van der Waals surface area (Å²) >= 11 is 0. The molecule has 0 unspecified atom stereocenters. The lowest BCUT2D eigenvalue weighted by Gasteiger charge is -2.10. The molecule has 0 spiro atoms. The molecule has 0 aliphatic heterocycles. The fourth-order valence-corrected chi connectivity index (χ4v) is 1.84. The van der Waals surface area contributed by atoms with Gasteiger partial charge in [0.2, 0.25) is 0 Å². The molecular weight excluding hydrogens is 201 g/mol. The molecule has 2 rings (SSSR count). The maximum Gasteiger partial charge on any atom is 0.123 e. The SMILES string of the molecule is Cc1cc(N)c(C)c(-c2cccc(F)c2)c1. The zero-order valence-electron chi connectivity index (χ0n) is 9.42. The summed E-state index contributed by atoms with van der Waals surface area (Å²) in [7, 11) is 0. The van der Waals surface area contributed by atoms with E-state index in [-0.39, 0.29) is 5.82 Å². The highest BCUT2D eigenvalue weighted by molar-refractivity contribution is 5.73. The third-order valence-electron chi connectivity index (χ3n) is 2.73. The predicted octanol–water partition coefficient (Wildman–Crippen LogP) is 3.69. The molecular formula is C14H14FN. The van der Waals surface area contributed by atoms with Crippen LogP contribution in [0.25, 0.3) is 11.1 Å². The van der Waals surface area contributed by atoms with Crippen LogP contribution in [0, 0.1) is 19.7 Å². The monoisotopic (exact) mass is 215 g/mol. The Labute approximate surface area is 94.7 Å². The van der Waals surface area contributed by atoms with Gasteiger partial charge in [-0.2, -0.15) is 0 Å². The molecule has 2 heteroatoms. The van der Waals surface area contributed by atoms with E-state index in [2.05, 4.69) is 0 Å². The van der Waals surface area contributed by atoms with Crippen LogP contribution in [-0.4, -0.2) is 0 Å². The first-order valence-electron chi connectivity index (χ1n) is 5.20. The average molecular weight is 215 g/mol. The van der Waals surface area contributed by atoms with Crippen LogP contribution in [0.1, 0.15) is 11.1 Å². The summed E-state index contributed by atoms with van der Waals surface area (Å²) in [6.45, 7) is 3.94. The lowest BCUT2D eigenvalue weighted by molar-refractivity contribution is 0.628. The highest BCUT2D eigenvalue weighted by Gasteiger charge is 2.06. The van der Waals surface area contributed by atoms with E-state index >= 15 is 0 Å². The third kappa shape index (κ3) is 1.91. The second kappa shape index (κ2) is 3.97. The van der Waals surface area contributed by atoms with Crippen LogP contribution in [0.15, 0.2) is 36.4 Å². The van der Waals surface area contributed by atoms with Gasteiger partial charge in [0.25, 0.3) is 0 Å². The minimum atomic E-state index is -0.225. The quantitative estimate of drug-likeness (QED) is 0.721. The molecule has 0 aromatic heterocycles. The van der Waals surface area contributed by atoms with Gasteiger partial charge < -0.3 is 5.73 Å². The molecule has 0 aliphatic rings. The summed E-state index contributed by atoms with van der Waals surface area (Å²) in [6, 6.07) is 10.5. The Morgan fingerprint density at radius 2 is 1.81 bits per heavy atom. The normalized spacial score (nSPS) is 10.4. The van der Waals surface area contributed by atoms with Gasteiger partial charge in [0.05, 0.1) is 0 Å². The standard InChI is InChI=1S/C14H14FN/c1-9-6-13(10(2)14(16)7-9)11-4-3-5-12(15)8-11/h3-8H,16H2,1-2H3. The van der Waals surface area contributed by atoms with E-state index in [0.29, 0.717) is 0 Å². The summed E-state index contributed by atoms with van der Waals surface area (Å²) in [6.07, 6.45) is 0. The molecule has 0 radical (unpaired) electrons. The number of halogens is 1. The molecule has 0 saturated carbocycles. The molecule has 2 aromatic rings. The van der Waals surface area contributed by atoms with Gasteiger partial charge in [-0.1, -0.05) is 18.2 Å². The highest BCUT2D eigenvalue weighted by atomic mass is 19.1. The number of aryl methyl sites for hydroxylation is 1. The van der Waals surface area contributed by atoms with E-state index in [9.17, 15) is 4.39 Å². The third-order valence-corrected chi connectivity index (χ3v) is 2.73. The van der Waals surface area contributed by atoms with Crippen LogP contribution in [0.2, 0.25) is 0 Å². The smallest absolute Gasteiger partial charge is 0.123 e. The maximum atomic E-state index is 13.2. The van der Waals surface area contributed by atoms with Crippen LogP contribution in [0.4, 0.5) is 10.1 Å². The zero-order valence-corrected chi connectivity index (χ0v) is 9.42. The van der Waals surface area contributed by atoms with Crippen molar-refractivity contribution in [3.63, 3.8) is 0 Å². The number of nitrogen functional groups attached to an aromatic ring is 1. The van der Waals surface area contributed by atoms with Crippen molar-refractivity contribution in [2.75, 3.05) is 5.73 Å². The van der Waals surface area contributed by atoms with Crippen molar-refractivity contribution in [1.29, 1.82) is 0 Å². The molecule has 0 atom stereocenters. The first-order valence-corrected chi connectivity index (χ1v) is 5.20. The number of benzene rings is 2. The first-order chi connectivity index (χ1) is 7.58. The van der Waals surface area contributed by atoms with Gasteiger partial charge in [-0.3, -0.25) is 0 Å². The average Bonchev–Trinajstić information content (AvgIpc) is 2.23. The second-order valence-electron chi connectivity index (χ2n) is 4.04. The summed E-state index contributed by atoms with van der Waals surface area (Å²) in [5.74, 6) is -0.225. The minimum Gasteiger partial charge on any atom is -0.398 e. The Morgan fingerprint density at radius 3 is 2.50 bits per heavy atom. The zero-order chi connectivity index (χ0) is 11.7. The summed E-state index contributed by atoms with van der Waals surface area (Å²) < 4.78 is 13.2. The molecule has 16 heavy (non-hydrogen) atoms. The Balaban J connectivity index is 2.64. The van der Waals surface area contributed by atoms with Crippen molar-refractivity contribution < 1.29 is 4.39 Å². The van der Waals surface area contributed by atoms with Gasteiger partial charge in [0, 0.05) is 5.69 Å². The maximum absolute atomic E-state index is 13.2. The van der Waals surface area contributed by atoms with E-state index in [1.165, 1.54) is 12.1 Å². The molecule has 0 aliphatic carbocycles. The largest absolute Gasteiger partial charge is 0.398 e. The van der Waals surface area contributed by atoms with Crippen molar-refractivity contribution in [2.45, 2.75) is 13.8 Å². The van der Waals surface area contributed by atoms with Gasteiger partial charge >= 0.3 is 0 Å². The Hall–Kier alpha value is -1.83. The molecule has 0 fully saturated rings. The molecule has 0 bridgehead atoms. The van der Waals surface area contributed by atoms with Crippen molar-refractivity contribution >= 4 is 5.69 Å². The molecule has 2 N–H and O–H groups in total. The Kier molecular flexibility index (Phi) is 2.65. The van der Waals surface area contributed by atoms with Crippen LogP contribution < -0.4 is 5.73 Å². The van der Waals surface area contributed by atoms with E-state index in [0.717, 1.165) is 27.9 Å². The fourth-order valence-electron chi connectivity index (χ4n) is 1.84. The van der Waals surface area contributed by atoms with Gasteiger partial charge in [-0.05, 0) is 54.3 Å².